The second-order valence-electron chi connectivity index (χ2n) is 7.81. The van der Waals surface area contributed by atoms with Crippen LogP contribution in [-0.2, 0) is 11.3 Å². The highest BCUT2D eigenvalue weighted by Crippen LogP contribution is 2.65. The number of carbonyl (C=O) groups is 2. The van der Waals surface area contributed by atoms with Crippen LogP contribution < -0.4 is 16.2 Å². The molecule has 0 aliphatic heterocycles. The molecule has 5 nitrogen and oxygen atoms in total. The summed E-state index contributed by atoms with van der Waals surface area (Å²) in [5, 5.41) is 3.84. The van der Waals surface area contributed by atoms with E-state index in [-0.39, 0.29) is 10.6 Å². The maximum absolute atomic E-state index is 12.9. The molecule has 1 aliphatic rings. The Morgan fingerprint density at radius 2 is 1.56 bits per heavy atom. The molecule has 0 heterocycles. The van der Waals surface area contributed by atoms with Crippen molar-refractivity contribution in [2.75, 3.05) is 5.32 Å². The summed E-state index contributed by atoms with van der Waals surface area (Å²) in [5.74, 6) is -2.06. The number of alkyl halides is 2. The van der Waals surface area contributed by atoms with Crippen LogP contribution >= 0.6 is 58.0 Å². The molecular formula is C24H18Cl5N3O2. The Kier molecular flexibility index (Phi) is 7.63. The van der Waals surface area contributed by atoms with Crippen LogP contribution in [0.5, 0.6) is 0 Å². The standard InChI is InChI=1S/C24H18Cl5N3O2/c25-15-8-14(9-16(26)10-15)20-21(24(20,28)29)23(34)31-17-6-7-19(27)18(11-17)22(33)32-30-12-13-4-2-1-3-5-13/h1-11,20-21,30H,12H2,(H,31,34)(H,32,33)/t20-,21+/m0/s1. The van der Waals surface area contributed by atoms with Gasteiger partial charge in [-0.25, -0.2) is 5.43 Å². The molecule has 3 N–H and O–H groups in total. The molecule has 0 aromatic heterocycles. The van der Waals surface area contributed by atoms with Gasteiger partial charge in [0.25, 0.3) is 5.91 Å². The normalized spacial score (nSPS) is 18.3. The molecule has 34 heavy (non-hydrogen) atoms. The van der Waals surface area contributed by atoms with Crippen LogP contribution in [0, 0.1) is 5.92 Å². The molecule has 2 amide bonds. The van der Waals surface area contributed by atoms with Gasteiger partial charge in [-0.2, -0.15) is 0 Å². The largest absolute Gasteiger partial charge is 0.326 e. The molecule has 3 aromatic rings. The van der Waals surface area contributed by atoms with Crippen LogP contribution in [0.1, 0.15) is 27.4 Å². The van der Waals surface area contributed by atoms with Crippen LogP contribution in [0.2, 0.25) is 15.1 Å². The number of carbonyl (C=O) groups excluding carboxylic acids is 2. The van der Waals surface area contributed by atoms with Crippen LogP contribution in [0.4, 0.5) is 5.69 Å². The van der Waals surface area contributed by atoms with E-state index in [9.17, 15) is 9.59 Å². The molecule has 1 saturated carbocycles. The molecule has 3 aromatic carbocycles. The van der Waals surface area contributed by atoms with E-state index in [4.69, 9.17) is 58.0 Å². The molecule has 0 saturated heterocycles. The number of anilines is 1. The molecule has 0 spiro atoms. The second-order valence-corrected chi connectivity index (χ2v) is 10.5. The summed E-state index contributed by atoms with van der Waals surface area (Å²) >= 11 is 31.2. The van der Waals surface area contributed by atoms with Crippen molar-refractivity contribution >= 4 is 75.5 Å². The Bertz CT molecular complexity index is 1220. The summed E-state index contributed by atoms with van der Waals surface area (Å²) in [6.07, 6.45) is 0. The Morgan fingerprint density at radius 1 is 0.882 bits per heavy atom. The Balaban J connectivity index is 1.42. The van der Waals surface area contributed by atoms with Crippen molar-refractivity contribution in [1.82, 2.24) is 10.9 Å². The van der Waals surface area contributed by atoms with Crippen molar-refractivity contribution in [3.8, 4) is 0 Å². The molecule has 1 aliphatic carbocycles. The van der Waals surface area contributed by atoms with Gasteiger partial charge in [-0.3, -0.25) is 15.0 Å². The first kappa shape index (κ1) is 25.1. The van der Waals surface area contributed by atoms with Gasteiger partial charge in [-0.15, -0.1) is 23.2 Å². The average molecular weight is 558 g/mol. The highest BCUT2D eigenvalue weighted by molar-refractivity contribution is 6.53. The third-order valence-electron chi connectivity index (χ3n) is 5.40. The fourth-order valence-corrected chi connectivity index (χ4v) is 5.28. The van der Waals surface area contributed by atoms with Crippen molar-refractivity contribution < 1.29 is 9.59 Å². The van der Waals surface area contributed by atoms with Gasteiger partial charge in [0.05, 0.1) is 16.5 Å². The minimum absolute atomic E-state index is 0.192. The quantitative estimate of drug-likeness (QED) is 0.226. The number of halogens is 5. The van der Waals surface area contributed by atoms with E-state index < -0.39 is 28.0 Å². The number of amides is 2. The molecule has 4 rings (SSSR count). The van der Waals surface area contributed by atoms with Gasteiger partial charge in [0.1, 0.15) is 4.33 Å². The average Bonchev–Trinajstić information content (AvgIpc) is 3.37. The summed E-state index contributed by atoms with van der Waals surface area (Å²) in [6.45, 7) is 0.435. The maximum Gasteiger partial charge on any atom is 0.266 e. The lowest BCUT2D eigenvalue weighted by molar-refractivity contribution is -0.117. The van der Waals surface area contributed by atoms with Crippen molar-refractivity contribution in [2.45, 2.75) is 16.8 Å². The monoisotopic (exact) mass is 555 g/mol. The van der Waals surface area contributed by atoms with E-state index in [1.165, 1.54) is 12.1 Å². The topological polar surface area (TPSA) is 70.2 Å². The first-order valence-electron chi connectivity index (χ1n) is 10.2. The van der Waals surface area contributed by atoms with E-state index in [0.29, 0.717) is 27.8 Å². The summed E-state index contributed by atoms with van der Waals surface area (Å²) in [5.41, 5.74) is 7.70. The SMILES string of the molecule is O=C(NNCc1ccccc1)c1cc(NC(=O)[C@H]2[C@H](c3cc(Cl)cc(Cl)c3)C2(Cl)Cl)ccc1Cl. The first-order chi connectivity index (χ1) is 16.2. The summed E-state index contributed by atoms with van der Waals surface area (Å²) < 4.78 is -1.31. The zero-order valence-corrected chi connectivity index (χ0v) is 21.2. The molecule has 0 unspecified atom stereocenters. The van der Waals surface area contributed by atoms with Crippen LogP contribution in [0.3, 0.4) is 0 Å². The van der Waals surface area contributed by atoms with Gasteiger partial charge >= 0.3 is 0 Å². The zero-order valence-electron chi connectivity index (χ0n) is 17.4. The minimum Gasteiger partial charge on any atom is -0.326 e. The predicted octanol–water partition coefficient (Wildman–Crippen LogP) is 6.61. The zero-order chi connectivity index (χ0) is 24.5. The van der Waals surface area contributed by atoms with Gasteiger partial charge in [0.2, 0.25) is 5.91 Å². The molecule has 1 fully saturated rings. The molecule has 0 bridgehead atoms. The third-order valence-corrected chi connectivity index (χ3v) is 7.10. The van der Waals surface area contributed by atoms with Crippen LogP contribution in [-0.4, -0.2) is 16.1 Å². The number of hydrogen-bond acceptors (Lipinski definition) is 3. The molecular weight excluding hydrogens is 540 g/mol. The van der Waals surface area contributed by atoms with E-state index in [1.54, 1.807) is 24.3 Å². The molecule has 10 heteroatoms. The van der Waals surface area contributed by atoms with E-state index in [2.05, 4.69) is 16.2 Å². The smallest absolute Gasteiger partial charge is 0.266 e. The summed E-state index contributed by atoms with van der Waals surface area (Å²) in [7, 11) is 0. The van der Waals surface area contributed by atoms with E-state index >= 15 is 0 Å². The number of hydrogen-bond donors (Lipinski definition) is 3. The van der Waals surface area contributed by atoms with Crippen LogP contribution in [0.15, 0.2) is 66.7 Å². The number of rotatable bonds is 7. The predicted molar refractivity (Wildman–Crippen MR) is 138 cm³/mol. The fourth-order valence-electron chi connectivity index (χ4n) is 3.71. The Hall–Kier alpha value is -1.99. The molecule has 2 atom stereocenters. The highest BCUT2D eigenvalue weighted by atomic mass is 35.5. The lowest BCUT2D eigenvalue weighted by Gasteiger charge is -2.11. The van der Waals surface area contributed by atoms with Gasteiger partial charge in [-0.1, -0.05) is 65.1 Å². The molecule has 0 radical (unpaired) electrons. The van der Waals surface area contributed by atoms with Crippen molar-refractivity contribution in [3.05, 3.63) is 98.5 Å². The van der Waals surface area contributed by atoms with Gasteiger partial charge in [0.15, 0.2) is 0 Å². The third kappa shape index (κ3) is 5.62. The van der Waals surface area contributed by atoms with Gasteiger partial charge in [-0.05, 0) is 47.5 Å². The van der Waals surface area contributed by atoms with Crippen molar-refractivity contribution in [3.63, 3.8) is 0 Å². The van der Waals surface area contributed by atoms with E-state index in [0.717, 1.165) is 5.56 Å². The summed E-state index contributed by atoms with van der Waals surface area (Å²) in [4.78, 5) is 25.6. The number of benzene rings is 3. The molecule has 176 valence electrons. The van der Waals surface area contributed by atoms with Gasteiger partial charge in [0, 0.05) is 28.2 Å². The number of hydrazine groups is 1. The van der Waals surface area contributed by atoms with Crippen molar-refractivity contribution in [2.24, 2.45) is 5.92 Å². The Labute approximate surface area is 221 Å². The lowest BCUT2D eigenvalue weighted by atomic mass is 10.1. The maximum atomic E-state index is 12.9. The van der Waals surface area contributed by atoms with Gasteiger partial charge < -0.3 is 5.32 Å². The Morgan fingerprint density at radius 3 is 2.24 bits per heavy atom. The summed E-state index contributed by atoms with van der Waals surface area (Å²) in [6, 6.07) is 19.1. The second kappa shape index (κ2) is 10.3. The van der Waals surface area contributed by atoms with Crippen molar-refractivity contribution in [1.29, 1.82) is 0 Å². The number of nitrogens with one attached hydrogen (secondary N) is 3. The highest BCUT2D eigenvalue weighted by Gasteiger charge is 2.67. The fraction of sp³-hybridized carbons (Fsp3) is 0.167. The van der Waals surface area contributed by atoms with E-state index in [1.807, 2.05) is 30.3 Å². The van der Waals surface area contributed by atoms with Crippen LogP contribution in [0.25, 0.3) is 0 Å². The first-order valence-corrected chi connectivity index (χ1v) is 12.1. The lowest BCUT2D eigenvalue weighted by Crippen LogP contribution is -2.37. The minimum atomic E-state index is -1.31.